The maximum Gasteiger partial charge on any atom is 0.153 e. The molecule has 0 atom stereocenters. The highest BCUT2D eigenvalue weighted by Crippen LogP contribution is 2.21. The molecule has 0 amide bonds. The zero-order chi connectivity index (χ0) is 10.5. The van der Waals surface area contributed by atoms with Crippen LogP contribution in [0.4, 0.5) is 0 Å². The predicted molar refractivity (Wildman–Crippen MR) is 56.8 cm³/mol. The molecule has 1 saturated heterocycles. The molecule has 1 aliphatic heterocycles. The van der Waals surface area contributed by atoms with Crippen LogP contribution in [0.3, 0.4) is 0 Å². The van der Waals surface area contributed by atoms with Crippen LogP contribution >= 0.6 is 0 Å². The van der Waals surface area contributed by atoms with Gasteiger partial charge in [-0.2, -0.15) is 5.10 Å². The van der Waals surface area contributed by atoms with Gasteiger partial charge in [-0.1, -0.05) is 0 Å². The number of nitrogens with zero attached hydrogens (tertiary/aromatic N) is 2. The third-order valence-corrected chi connectivity index (χ3v) is 2.80. The van der Waals surface area contributed by atoms with Gasteiger partial charge >= 0.3 is 0 Å². The van der Waals surface area contributed by atoms with Crippen molar-refractivity contribution in [3.8, 4) is 0 Å². The lowest BCUT2D eigenvalue weighted by Gasteiger charge is -2.19. The van der Waals surface area contributed by atoms with Crippen LogP contribution in [0.1, 0.15) is 30.4 Å². The highest BCUT2D eigenvalue weighted by Gasteiger charge is 2.19. The van der Waals surface area contributed by atoms with E-state index in [9.17, 15) is 0 Å². The van der Waals surface area contributed by atoms with E-state index in [2.05, 4.69) is 20.5 Å². The lowest BCUT2D eigenvalue weighted by atomic mass is 9.98. The van der Waals surface area contributed by atoms with Crippen LogP contribution in [-0.4, -0.2) is 42.0 Å². The number of ether oxygens (including phenoxy) is 1. The molecule has 0 aliphatic carbocycles. The Balaban J connectivity index is 1.93. The van der Waals surface area contributed by atoms with Crippen LogP contribution < -0.4 is 5.32 Å². The minimum Gasteiger partial charge on any atom is -0.384 e. The fraction of sp³-hybridized carbons (Fsp3) is 0.800. The summed E-state index contributed by atoms with van der Waals surface area (Å²) in [6.07, 6.45) is 3.09. The molecule has 0 unspecified atom stereocenters. The predicted octanol–water partition coefficient (Wildman–Crippen LogP) is 0.461. The van der Waals surface area contributed by atoms with Gasteiger partial charge in [-0.15, -0.1) is 0 Å². The van der Waals surface area contributed by atoms with Crippen LogP contribution in [0.15, 0.2) is 0 Å². The van der Waals surface area contributed by atoms with E-state index in [1.165, 1.54) is 0 Å². The third kappa shape index (κ3) is 2.76. The molecule has 1 fully saturated rings. The number of rotatable bonds is 4. The van der Waals surface area contributed by atoms with Gasteiger partial charge in [0, 0.05) is 19.4 Å². The Morgan fingerprint density at radius 1 is 1.40 bits per heavy atom. The highest BCUT2D eigenvalue weighted by atomic mass is 16.5. The molecular formula is C10H18N4O. The van der Waals surface area contributed by atoms with E-state index >= 15 is 0 Å². The first-order chi connectivity index (χ1) is 7.40. The first kappa shape index (κ1) is 10.6. The second kappa shape index (κ2) is 5.23. The fourth-order valence-corrected chi connectivity index (χ4v) is 1.88. The first-order valence-electron chi connectivity index (χ1n) is 5.51. The molecule has 1 aromatic rings. The summed E-state index contributed by atoms with van der Waals surface area (Å²) in [5, 5.41) is 10.6. The summed E-state index contributed by atoms with van der Waals surface area (Å²) in [7, 11) is 1.70. The Hall–Kier alpha value is -0.940. The molecule has 1 aromatic heterocycles. The van der Waals surface area contributed by atoms with Gasteiger partial charge in [0.05, 0.1) is 6.61 Å². The normalized spacial score (nSPS) is 18.2. The van der Waals surface area contributed by atoms with Gasteiger partial charge in [0.1, 0.15) is 5.82 Å². The topological polar surface area (TPSA) is 62.8 Å². The number of H-pyrrole nitrogens is 1. The Kier molecular flexibility index (Phi) is 3.69. The Bertz CT molecular complexity index is 293. The maximum absolute atomic E-state index is 5.00. The van der Waals surface area contributed by atoms with Gasteiger partial charge in [-0.05, 0) is 25.9 Å². The molecule has 0 bridgehead atoms. The Morgan fingerprint density at radius 2 is 2.20 bits per heavy atom. The van der Waals surface area contributed by atoms with Crippen molar-refractivity contribution >= 4 is 0 Å². The molecule has 15 heavy (non-hydrogen) atoms. The molecule has 2 heterocycles. The quantitative estimate of drug-likeness (QED) is 0.758. The maximum atomic E-state index is 5.00. The van der Waals surface area contributed by atoms with E-state index < -0.39 is 0 Å². The summed E-state index contributed by atoms with van der Waals surface area (Å²) in [4.78, 5) is 4.50. The Labute approximate surface area is 89.6 Å². The standard InChI is InChI=1S/C10H18N4O/c1-15-7-4-9-12-10(14-13-9)8-2-5-11-6-3-8/h8,11H,2-7H2,1H3,(H,12,13,14). The van der Waals surface area contributed by atoms with Crippen molar-refractivity contribution in [1.82, 2.24) is 20.5 Å². The van der Waals surface area contributed by atoms with Gasteiger partial charge in [-0.25, -0.2) is 4.98 Å². The number of hydrogen-bond donors (Lipinski definition) is 2. The van der Waals surface area contributed by atoms with Crippen LogP contribution in [0.5, 0.6) is 0 Å². The molecule has 5 nitrogen and oxygen atoms in total. The number of piperidine rings is 1. The van der Waals surface area contributed by atoms with Gasteiger partial charge in [0.2, 0.25) is 0 Å². The molecule has 0 saturated carbocycles. The van der Waals surface area contributed by atoms with Gasteiger partial charge < -0.3 is 10.1 Å². The third-order valence-electron chi connectivity index (χ3n) is 2.80. The van der Waals surface area contributed by atoms with Crippen LogP contribution in [0.2, 0.25) is 0 Å². The zero-order valence-electron chi connectivity index (χ0n) is 9.12. The van der Waals surface area contributed by atoms with Crippen molar-refractivity contribution < 1.29 is 4.74 Å². The van der Waals surface area contributed by atoms with E-state index in [0.717, 1.165) is 44.0 Å². The van der Waals surface area contributed by atoms with Crippen molar-refractivity contribution in [1.29, 1.82) is 0 Å². The zero-order valence-corrected chi connectivity index (χ0v) is 9.12. The Morgan fingerprint density at radius 3 is 2.93 bits per heavy atom. The lowest BCUT2D eigenvalue weighted by Crippen LogP contribution is -2.27. The summed E-state index contributed by atoms with van der Waals surface area (Å²) < 4.78 is 5.00. The fourth-order valence-electron chi connectivity index (χ4n) is 1.88. The van der Waals surface area contributed by atoms with Gasteiger partial charge in [-0.3, -0.25) is 5.10 Å². The minimum atomic E-state index is 0.527. The van der Waals surface area contributed by atoms with Crippen LogP contribution in [-0.2, 0) is 11.2 Å². The van der Waals surface area contributed by atoms with Crippen molar-refractivity contribution in [3.63, 3.8) is 0 Å². The van der Waals surface area contributed by atoms with Crippen molar-refractivity contribution in [2.75, 3.05) is 26.8 Å². The first-order valence-corrected chi connectivity index (χ1v) is 5.51. The molecule has 84 valence electrons. The summed E-state index contributed by atoms with van der Waals surface area (Å²) >= 11 is 0. The second-order valence-electron chi connectivity index (χ2n) is 3.91. The smallest absolute Gasteiger partial charge is 0.153 e. The molecule has 5 heteroatoms. The van der Waals surface area contributed by atoms with Crippen molar-refractivity contribution in [2.24, 2.45) is 0 Å². The second-order valence-corrected chi connectivity index (χ2v) is 3.91. The number of aromatic amines is 1. The average molecular weight is 210 g/mol. The summed E-state index contributed by atoms with van der Waals surface area (Å²) in [6, 6.07) is 0. The highest BCUT2D eigenvalue weighted by molar-refractivity contribution is 4.99. The average Bonchev–Trinajstić information content (AvgIpc) is 2.76. The van der Waals surface area contributed by atoms with Crippen molar-refractivity contribution in [3.05, 3.63) is 11.6 Å². The minimum absolute atomic E-state index is 0.527. The SMILES string of the molecule is COCCc1nc(C2CCNCC2)n[nH]1. The van der Waals surface area contributed by atoms with Gasteiger partial charge in [0.15, 0.2) is 5.82 Å². The van der Waals surface area contributed by atoms with E-state index in [4.69, 9.17) is 4.74 Å². The largest absolute Gasteiger partial charge is 0.384 e. The van der Waals surface area contributed by atoms with Gasteiger partial charge in [0.25, 0.3) is 0 Å². The summed E-state index contributed by atoms with van der Waals surface area (Å²) in [5.41, 5.74) is 0. The molecule has 0 aromatic carbocycles. The molecular weight excluding hydrogens is 192 g/mol. The van der Waals surface area contributed by atoms with Crippen LogP contribution in [0.25, 0.3) is 0 Å². The lowest BCUT2D eigenvalue weighted by molar-refractivity contribution is 0.200. The molecule has 1 aliphatic rings. The van der Waals surface area contributed by atoms with Crippen molar-refractivity contribution in [2.45, 2.75) is 25.2 Å². The van der Waals surface area contributed by atoms with E-state index in [-0.39, 0.29) is 0 Å². The number of methoxy groups -OCH3 is 1. The van der Waals surface area contributed by atoms with E-state index in [1.54, 1.807) is 7.11 Å². The number of nitrogens with one attached hydrogen (secondary N) is 2. The van der Waals surface area contributed by atoms with E-state index in [1.807, 2.05) is 0 Å². The molecule has 2 rings (SSSR count). The van der Waals surface area contributed by atoms with Crippen LogP contribution in [0, 0.1) is 0 Å². The summed E-state index contributed by atoms with van der Waals surface area (Å²) in [5.74, 6) is 2.44. The summed E-state index contributed by atoms with van der Waals surface area (Å²) in [6.45, 7) is 2.85. The number of hydrogen-bond acceptors (Lipinski definition) is 4. The molecule has 0 radical (unpaired) electrons. The van der Waals surface area contributed by atoms with E-state index in [0.29, 0.717) is 12.5 Å². The number of aromatic nitrogens is 3. The monoisotopic (exact) mass is 210 g/mol. The molecule has 2 N–H and O–H groups in total. The molecule has 0 spiro atoms.